The molecule has 0 radical (unpaired) electrons. The molecule has 0 spiro atoms. The Balaban J connectivity index is 2.49. The monoisotopic (exact) mass is 277 g/mol. The second-order valence-corrected chi connectivity index (χ2v) is 6.59. The van der Waals surface area contributed by atoms with E-state index in [-0.39, 0.29) is 12.0 Å². The van der Waals surface area contributed by atoms with Crippen molar-refractivity contribution in [3.8, 4) is 0 Å². The van der Waals surface area contributed by atoms with E-state index in [1.165, 1.54) is 30.4 Å². The maximum atomic E-state index is 9.06. The third-order valence-corrected chi connectivity index (χ3v) is 3.97. The Labute approximate surface area is 124 Å². The molecule has 0 aliphatic rings. The first-order chi connectivity index (χ1) is 9.48. The summed E-state index contributed by atoms with van der Waals surface area (Å²) < 4.78 is 0. The normalized spacial score (nSPS) is 13.4. The van der Waals surface area contributed by atoms with Crippen molar-refractivity contribution in [2.75, 3.05) is 13.2 Å². The molecule has 1 rings (SSSR count). The van der Waals surface area contributed by atoms with Crippen LogP contribution in [0.15, 0.2) is 24.3 Å². The first-order valence-corrected chi connectivity index (χ1v) is 7.91. The van der Waals surface area contributed by atoms with E-state index in [2.05, 4.69) is 57.3 Å². The molecule has 0 fully saturated rings. The van der Waals surface area contributed by atoms with Crippen molar-refractivity contribution in [3.63, 3.8) is 0 Å². The maximum absolute atomic E-state index is 9.06. The van der Waals surface area contributed by atoms with E-state index >= 15 is 0 Å². The Bertz CT molecular complexity index is 370. The molecule has 114 valence electrons. The SMILES string of the molecule is CCCCc1ccc(C(C)NCC(C)(C)CCO)cc1. The molecule has 0 aromatic heterocycles. The standard InChI is InChI=1S/C18H31NO/c1-5-6-7-16-8-10-17(11-9-16)15(2)19-14-18(3,4)12-13-20/h8-11,15,19-20H,5-7,12-14H2,1-4H3. The Morgan fingerprint density at radius 2 is 1.85 bits per heavy atom. The molecule has 0 saturated heterocycles. The van der Waals surface area contributed by atoms with Crippen LogP contribution in [0, 0.1) is 5.41 Å². The van der Waals surface area contributed by atoms with Crippen LogP contribution in [0.4, 0.5) is 0 Å². The number of benzene rings is 1. The molecule has 0 amide bonds. The quantitative estimate of drug-likeness (QED) is 0.712. The predicted molar refractivity (Wildman–Crippen MR) is 87.0 cm³/mol. The summed E-state index contributed by atoms with van der Waals surface area (Å²) in [7, 11) is 0. The van der Waals surface area contributed by atoms with Crippen LogP contribution in [0.5, 0.6) is 0 Å². The molecular weight excluding hydrogens is 246 g/mol. The average Bonchev–Trinajstić information content (AvgIpc) is 2.43. The molecule has 0 saturated carbocycles. The van der Waals surface area contributed by atoms with Crippen molar-refractivity contribution < 1.29 is 5.11 Å². The van der Waals surface area contributed by atoms with Crippen molar-refractivity contribution in [3.05, 3.63) is 35.4 Å². The van der Waals surface area contributed by atoms with Gasteiger partial charge in [-0.25, -0.2) is 0 Å². The molecule has 2 N–H and O–H groups in total. The number of nitrogens with one attached hydrogen (secondary N) is 1. The fourth-order valence-electron chi connectivity index (χ4n) is 2.29. The van der Waals surface area contributed by atoms with Crippen LogP contribution in [0.2, 0.25) is 0 Å². The lowest BCUT2D eigenvalue weighted by Gasteiger charge is -2.26. The lowest BCUT2D eigenvalue weighted by molar-refractivity contribution is 0.204. The Morgan fingerprint density at radius 1 is 1.20 bits per heavy atom. The summed E-state index contributed by atoms with van der Waals surface area (Å²) >= 11 is 0. The third kappa shape index (κ3) is 6.06. The fraction of sp³-hybridized carbons (Fsp3) is 0.667. The van der Waals surface area contributed by atoms with Gasteiger partial charge >= 0.3 is 0 Å². The minimum atomic E-state index is 0.143. The van der Waals surface area contributed by atoms with Gasteiger partial charge in [0.25, 0.3) is 0 Å². The topological polar surface area (TPSA) is 32.3 Å². The largest absolute Gasteiger partial charge is 0.396 e. The summed E-state index contributed by atoms with van der Waals surface area (Å²) in [5.74, 6) is 0. The van der Waals surface area contributed by atoms with Gasteiger partial charge in [0.15, 0.2) is 0 Å². The summed E-state index contributed by atoms with van der Waals surface area (Å²) in [6.45, 7) is 10.00. The highest BCUT2D eigenvalue weighted by atomic mass is 16.3. The Hall–Kier alpha value is -0.860. The number of aliphatic hydroxyl groups excluding tert-OH is 1. The van der Waals surface area contributed by atoms with E-state index in [0.29, 0.717) is 6.04 Å². The number of hydrogen-bond acceptors (Lipinski definition) is 2. The van der Waals surface area contributed by atoms with Gasteiger partial charge in [-0.1, -0.05) is 51.5 Å². The molecule has 2 heteroatoms. The number of hydrogen-bond donors (Lipinski definition) is 2. The second-order valence-electron chi connectivity index (χ2n) is 6.59. The molecule has 1 atom stereocenters. The van der Waals surface area contributed by atoms with Gasteiger partial charge < -0.3 is 10.4 Å². The van der Waals surface area contributed by atoms with Gasteiger partial charge in [0.1, 0.15) is 0 Å². The van der Waals surface area contributed by atoms with Crippen LogP contribution in [-0.4, -0.2) is 18.3 Å². The van der Waals surface area contributed by atoms with Gasteiger partial charge in [0.05, 0.1) is 0 Å². The lowest BCUT2D eigenvalue weighted by Crippen LogP contribution is -2.32. The van der Waals surface area contributed by atoms with Crippen LogP contribution >= 0.6 is 0 Å². The summed E-state index contributed by atoms with van der Waals surface area (Å²) in [5, 5.41) is 12.6. The van der Waals surface area contributed by atoms with Crippen LogP contribution in [-0.2, 0) is 6.42 Å². The molecule has 2 nitrogen and oxygen atoms in total. The van der Waals surface area contributed by atoms with Gasteiger partial charge in [0, 0.05) is 19.2 Å². The average molecular weight is 277 g/mol. The molecule has 0 aliphatic carbocycles. The van der Waals surface area contributed by atoms with Crippen molar-refractivity contribution in [1.82, 2.24) is 5.32 Å². The summed E-state index contributed by atoms with van der Waals surface area (Å²) in [4.78, 5) is 0. The van der Waals surface area contributed by atoms with Crippen molar-refractivity contribution in [2.24, 2.45) is 5.41 Å². The zero-order valence-corrected chi connectivity index (χ0v) is 13.6. The van der Waals surface area contributed by atoms with Gasteiger partial charge in [-0.15, -0.1) is 0 Å². The summed E-state index contributed by atoms with van der Waals surface area (Å²) in [6.07, 6.45) is 4.53. The highest BCUT2D eigenvalue weighted by Crippen LogP contribution is 2.21. The predicted octanol–water partition coefficient (Wildman–Crippen LogP) is 4.09. The number of aliphatic hydroxyl groups is 1. The summed E-state index contributed by atoms with van der Waals surface area (Å²) in [6, 6.07) is 9.33. The van der Waals surface area contributed by atoms with Crippen LogP contribution in [0.25, 0.3) is 0 Å². The number of aryl methyl sites for hydroxylation is 1. The fourth-order valence-corrected chi connectivity index (χ4v) is 2.29. The molecule has 0 aliphatic heterocycles. The zero-order valence-electron chi connectivity index (χ0n) is 13.6. The van der Waals surface area contributed by atoms with Gasteiger partial charge in [-0.05, 0) is 42.7 Å². The third-order valence-electron chi connectivity index (χ3n) is 3.97. The van der Waals surface area contributed by atoms with E-state index in [9.17, 15) is 0 Å². The van der Waals surface area contributed by atoms with Crippen LogP contribution in [0.1, 0.15) is 64.1 Å². The Kier molecular flexibility index (Phi) is 7.25. The van der Waals surface area contributed by atoms with E-state index in [0.717, 1.165) is 13.0 Å². The smallest absolute Gasteiger partial charge is 0.0436 e. The first kappa shape index (κ1) is 17.2. The zero-order chi connectivity index (χ0) is 15.0. The molecule has 1 aromatic rings. The Morgan fingerprint density at radius 3 is 2.40 bits per heavy atom. The summed E-state index contributed by atoms with van der Waals surface area (Å²) in [5.41, 5.74) is 2.91. The lowest BCUT2D eigenvalue weighted by atomic mass is 9.89. The number of unbranched alkanes of at least 4 members (excludes halogenated alkanes) is 1. The molecule has 0 heterocycles. The van der Waals surface area contributed by atoms with Gasteiger partial charge in [-0.2, -0.15) is 0 Å². The van der Waals surface area contributed by atoms with Gasteiger partial charge in [0.2, 0.25) is 0 Å². The van der Waals surface area contributed by atoms with Crippen molar-refractivity contribution in [2.45, 2.75) is 59.4 Å². The van der Waals surface area contributed by atoms with Crippen molar-refractivity contribution >= 4 is 0 Å². The van der Waals surface area contributed by atoms with Crippen LogP contribution in [0.3, 0.4) is 0 Å². The van der Waals surface area contributed by atoms with E-state index < -0.39 is 0 Å². The second kappa shape index (κ2) is 8.43. The highest BCUT2D eigenvalue weighted by Gasteiger charge is 2.18. The van der Waals surface area contributed by atoms with E-state index in [4.69, 9.17) is 5.11 Å². The molecule has 1 unspecified atom stereocenters. The minimum absolute atomic E-state index is 0.143. The van der Waals surface area contributed by atoms with Gasteiger partial charge in [-0.3, -0.25) is 0 Å². The maximum Gasteiger partial charge on any atom is 0.0436 e. The first-order valence-electron chi connectivity index (χ1n) is 7.91. The van der Waals surface area contributed by atoms with Crippen molar-refractivity contribution in [1.29, 1.82) is 0 Å². The molecule has 1 aromatic carbocycles. The highest BCUT2D eigenvalue weighted by molar-refractivity contribution is 5.24. The molecule has 0 bridgehead atoms. The molecule has 20 heavy (non-hydrogen) atoms. The van der Waals surface area contributed by atoms with E-state index in [1.54, 1.807) is 0 Å². The van der Waals surface area contributed by atoms with E-state index in [1.807, 2.05) is 0 Å². The van der Waals surface area contributed by atoms with Crippen LogP contribution < -0.4 is 5.32 Å². The number of rotatable bonds is 9. The molecular formula is C18H31NO. The minimum Gasteiger partial charge on any atom is -0.396 e.